The van der Waals surface area contributed by atoms with Gasteiger partial charge in [-0.3, -0.25) is 0 Å². The maximum Gasteiger partial charge on any atom is 0.0223 e. The summed E-state index contributed by atoms with van der Waals surface area (Å²) in [7, 11) is 0. The second kappa shape index (κ2) is 15.6. The molecule has 0 radical (unpaired) electrons. The fraction of sp³-hybridized carbons (Fsp3) is 1.00. The van der Waals surface area contributed by atoms with Gasteiger partial charge in [0.15, 0.2) is 0 Å². The maximum atomic E-state index is 5.38. The second-order valence-corrected chi connectivity index (χ2v) is 1.77. The predicted octanol–water partition coefficient (Wildman–Crippen LogP) is 3.00. The summed E-state index contributed by atoms with van der Waals surface area (Å²) in [5.74, 6) is 0.827. The van der Waals surface area contributed by atoms with Gasteiger partial charge in [0.1, 0.15) is 0 Å². The maximum absolute atomic E-state index is 5.38. The van der Waals surface area contributed by atoms with E-state index in [1.54, 1.807) is 0 Å². The molecule has 0 aromatic rings. The Labute approximate surface area is 62.8 Å². The molecule has 0 aliphatic carbocycles. The van der Waals surface area contributed by atoms with Gasteiger partial charge in [-0.2, -0.15) is 0 Å². The van der Waals surface area contributed by atoms with Crippen molar-refractivity contribution in [3.63, 3.8) is 0 Å². The van der Waals surface area contributed by atoms with Gasteiger partial charge in [-0.25, -0.2) is 0 Å². The quantitative estimate of drug-likeness (QED) is 0.499. The van der Waals surface area contributed by atoms with Crippen molar-refractivity contribution in [3.8, 4) is 0 Å². The smallest absolute Gasteiger partial charge is 0.0223 e. The van der Waals surface area contributed by atoms with E-state index in [0.717, 1.165) is 5.88 Å². The summed E-state index contributed by atoms with van der Waals surface area (Å²) in [5, 5.41) is 0. The molecular weight excluding hydrogens is 145 g/mol. The third kappa shape index (κ3) is 16.0. The standard InChI is InChI=1S/C5H11Cl.ClH.H3N/c1-2-3-4-5-6;;/h2-5H2,1H3;1H;1H3. The molecule has 0 spiro atoms. The summed E-state index contributed by atoms with van der Waals surface area (Å²) >= 11 is 5.38. The van der Waals surface area contributed by atoms with E-state index < -0.39 is 0 Å². The number of hydrogen-bond donors (Lipinski definition) is 1. The lowest BCUT2D eigenvalue weighted by atomic mass is 10.3. The molecule has 0 heterocycles. The van der Waals surface area contributed by atoms with Gasteiger partial charge in [0.05, 0.1) is 0 Å². The second-order valence-electron chi connectivity index (χ2n) is 1.40. The van der Waals surface area contributed by atoms with Crippen LogP contribution in [0.5, 0.6) is 0 Å². The first-order chi connectivity index (χ1) is 2.91. The third-order valence-corrected chi connectivity index (χ3v) is 1.00. The van der Waals surface area contributed by atoms with Crippen LogP contribution < -0.4 is 6.15 Å². The molecule has 8 heavy (non-hydrogen) atoms. The van der Waals surface area contributed by atoms with Gasteiger partial charge in [0, 0.05) is 5.88 Å². The van der Waals surface area contributed by atoms with Crippen LogP contribution in [0.15, 0.2) is 0 Å². The van der Waals surface area contributed by atoms with Crippen molar-refractivity contribution in [1.82, 2.24) is 6.15 Å². The van der Waals surface area contributed by atoms with Crippen LogP contribution in [0.2, 0.25) is 0 Å². The Balaban J connectivity index is -0.000000125. The van der Waals surface area contributed by atoms with Crippen LogP contribution in [0.25, 0.3) is 0 Å². The van der Waals surface area contributed by atoms with Crippen molar-refractivity contribution in [2.45, 2.75) is 26.2 Å². The van der Waals surface area contributed by atoms with Crippen LogP contribution in [-0.4, -0.2) is 5.88 Å². The largest absolute Gasteiger partial charge is 0.344 e. The molecule has 0 aliphatic heterocycles. The zero-order valence-corrected chi connectivity index (χ0v) is 6.89. The molecule has 0 aromatic carbocycles. The lowest BCUT2D eigenvalue weighted by Gasteiger charge is -1.84. The Morgan fingerprint density at radius 1 is 1.25 bits per heavy atom. The molecular formula is C5H15Cl2N. The molecule has 0 saturated carbocycles. The van der Waals surface area contributed by atoms with Gasteiger partial charge in [-0.15, -0.1) is 24.0 Å². The highest BCUT2D eigenvalue weighted by atomic mass is 35.5. The summed E-state index contributed by atoms with van der Waals surface area (Å²) in [6, 6.07) is 0. The Kier molecular flexibility index (Phi) is 30.9. The first kappa shape index (κ1) is 15.8. The van der Waals surface area contributed by atoms with Crippen LogP contribution >= 0.6 is 24.0 Å². The summed E-state index contributed by atoms with van der Waals surface area (Å²) in [6.45, 7) is 2.17. The molecule has 0 amide bonds. The zero-order chi connectivity index (χ0) is 4.83. The van der Waals surface area contributed by atoms with E-state index in [1.165, 1.54) is 19.3 Å². The number of rotatable bonds is 3. The fourth-order valence-electron chi connectivity index (χ4n) is 0.344. The van der Waals surface area contributed by atoms with Crippen molar-refractivity contribution in [2.75, 3.05) is 5.88 Å². The third-order valence-electron chi connectivity index (χ3n) is 0.737. The lowest BCUT2D eigenvalue weighted by Crippen LogP contribution is -1.70. The van der Waals surface area contributed by atoms with Gasteiger partial charge in [0.25, 0.3) is 0 Å². The minimum atomic E-state index is 0. The SMILES string of the molecule is CCCCCCl.Cl.N. The first-order valence-electron chi connectivity index (χ1n) is 2.47. The van der Waals surface area contributed by atoms with Gasteiger partial charge >= 0.3 is 0 Å². The Hall–Kier alpha value is 0.540. The van der Waals surface area contributed by atoms with Gasteiger partial charge in [0.2, 0.25) is 0 Å². The van der Waals surface area contributed by atoms with Gasteiger partial charge < -0.3 is 6.15 Å². The lowest BCUT2D eigenvalue weighted by molar-refractivity contribution is 0.776. The average molecular weight is 160 g/mol. The van der Waals surface area contributed by atoms with E-state index in [-0.39, 0.29) is 18.6 Å². The molecule has 54 valence electrons. The van der Waals surface area contributed by atoms with Gasteiger partial charge in [-0.1, -0.05) is 19.8 Å². The highest BCUT2D eigenvalue weighted by molar-refractivity contribution is 6.17. The van der Waals surface area contributed by atoms with E-state index in [2.05, 4.69) is 6.92 Å². The molecule has 0 saturated heterocycles. The first-order valence-corrected chi connectivity index (χ1v) is 3.01. The summed E-state index contributed by atoms with van der Waals surface area (Å²) in [5.41, 5.74) is 0. The van der Waals surface area contributed by atoms with E-state index in [4.69, 9.17) is 11.6 Å². The highest BCUT2D eigenvalue weighted by Gasteiger charge is 1.76. The predicted molar refractivity (Wildman–Crippen MR) is 42.5 cm³/mol. The molecule has 0 fully saturated rings. The normalized spacial score (nSPS) is 6.75. The number of unbranched alkanes of at least 4 members (excludes halogenated alkanes) is 2. The topological polar surface area (TPSA) is 35.0 Å². The Morgan fingerprint density at radius 2 is 1.75 bits per heavy atom. The van der Waals surface area contributed by atoms with Crippen LogP contribution in [0.3, 0.4) is 0 Å². The van der Waals surface area contributed by atoms with Crippen molar-refractivity contribution in [3.05, 3.63) is 0 Å². The van der Waals surface area contributed by atoms with Crippen LogP contribution in [-0.2, 0) is 0 Å². The van der Waals surface area contributed by atoms with E-state index in [1.807, 2.05) is 0 Å². The summed E-state index contributed by atoms with van der Waals surface area (Å²) in [4.78, 5) is 0. The molecule has 0 rings (SSSR count). The zero-order valence-electron chi connectivity index (χ0n) is 5.32. The number of halogens is 2. The molecule has 0 aromatic heterocycles. The monoisotopic (exact) mass is 159 g/mol. The van der Waals surface area contributed by atoms with Crippen molar-refractivity contribution >= 4 is 24.0 Å². The van der Waals surface area contributed by atoms with Crippen LogP contribution in [0.4, 0.5) is 0 Å². The van der Waals surface area contributed by atoms with Crippen molar-refractivity contribution < 1.29 is 0 Å². The Bertz CT molecular complexity index is 22.4. The summed E-state index contributed by atoms with van der Waals surface area (Å²) < 4.78 is 0. The molecule has 3 N–H and O–H groups in total. The average Bonchev–Trinajstić information content (AvgIpc) is 1.61. The Morgan fingerprint density at radius 3 is 1.88 bits per heavy atom. The summed E-state index contributed by atoms with van der Waals surface area (Å²) in [6.07, 6.45) is 3.73. The molecule has 0 unspecified atom stereocenters. The molecule has 0 bridgehead atoms. The molecule has 3 heteroatoms. The minimum absolute atomic E-state index is 0. The van der Waals surface area contributed by atoms with Crippen molar-refractivity contribution in [2.24, 2.45) is 0 Å². The molecule has 0 aliphatic rings. The van der Waals surface area contributed by atoms with E-state index in [9.17, 15) is 0 Å². The van der Waals surface area contributed by atoms with E-state index in [0.29, 0.717) is 0 Å². The van der Waals surface area contributed by atoms with Crippen LogP contribution in [0.1, 0.15) is 26.2 Å². The van der Waals surface area contributed by atoms with Crippen molar-refractivity contribution in [1.29, 1.82) is 0 Å². The van der Waals surface area contributed by atoms with Gasteiger partial charge in [-0.05, 0) is 6.42 Å². The number of hydrogen-bond acceptors (Lipinski definition) is 1. The minimum Gasteiger partial charge on any atom is -0.344 e. The molecule has 1 nitrogen and oxygen atoms in total. The number of alkyl halides is 1. The van der Waals surface area contributed by atoms with E-state index >= 15 is 0 Å². The highest BCUT2D eigenvalue weighted by Crippen LogP contribution is 1.93. The van der Waals surface area contributed by atoms with Crippen LogP contribution in [0, 0.1) is 0 Å². The fourth-order valence-corrected chi connectivity index (χ4v) is 0.533. The molecule has 0 atom stereocenters.